The molecule has 1 atom stereocenters. The maximum atomic E-state index is 12.1. The number of carbonyl (C=O) groups is 1. The number of benzene rings is 2. The molecule has 2 aromatic carbocycles. The molecule has 0 saturated carbocycles. The third-order valence-electron chi connectivity index (χ3n) is 4.30. The zero-order valence-corrected chi connectivity index (χ0v) is 18.1. The molecule has 1 N–H and O–H groups in total. The second-order valence-electron chi connectivity index (χ2n) is 6.66. The number of hydrogen-bond donors (Lipinski definition) is 1. The number of amides is 1. The van der Waals surface area contributed by atoms with Crippen molar-refractivity contribution in [3.8, 4) is 5.75 Å². The van der Waals surface area contributed by atoms with Gasteiger partial charge in [0.25, 0.3) is 0 Å². The number of rotatable bonds is 8. The fourth-order valence-corrected chi connectivity index (χ4v) is 3.54. The van der Waals surface area contributed by atoms with E-state index in [0.717, 1.165) is 11.3 Å². The molecule has 0 aliphatic rings. The largest absolute Gasteiger partial charge is 0.483 e. The number of aryl methyl sites for hydroxylation is 1. The first-order chi connectivity index (χ1) is 13.9. The molecule has 0 fully saturated rings. The van der Waals surface area contributed by atoms with Gasteiger partial charge in [0.05, 0.1) is 5.75 Å². The third-order valence-corrected chi connectivity index (χ3v) is 5.57. The standard InChI is InChI=1S/C21H23ClN4O2S/c1-14-4-10-18(11-5-14)28-15(2)20-24-25-21(26(20)3)29-13-19(27)23-12-16-6-8-17(22)9-7-16/h4-11,15H,12-13H2,1-3H3,(H,23,27). The highest BCUT2D eigenvalue weighted by Crippen LogP contribution is 2.23. The molecule has 1 aromatic heterocycles. The van der Waals surface area contributed by atoms with Crippen molar-refractivity contribution in [2.45, 2.75) is 31.7 Å². The SMILES string of the molecule is Cc1ccc(OC(C)c2nnc(SCC(=O)NCc3ccc(Cl)cc3)n2C)cc1. The van der Waals surface area contributed by atoms with Gasteiger partial charge in [-0.2, -0.15) is 0 Å². The van der Waals surface area contributed by atoms with E-state index in [1.54, 1.807) is 12.1 Å². The molecule has 3 aromatic rings. The van der Waals surface area contributed by atoms with E-state index in [9.17, 15) is 4.79 Å². The molecule has 3 rings (SSSR count). The molecule has 0 radical (unpaired) electrons. The van der Waals surface area contributed by atoms with Crippen LogP contribution in [-0.4, -0.2) is 26.4 Å². The Kier molecular flexibility index (Phi) is 7.17. The van der Waals surface area contributed by atoms with Crippen molar-refractivity contribution in [1.29, 1.82) is 0 Å². The van der Waals surface area contributed by atoms with Crippen molar-refractivity contribution in [1.82, 2.24) is 20.1 Å². The Balaban J connectivity index is 1.51. The second kappa shape index (κ2) is 9.80. The monoisotopic (exact) mass is 430 g/mol. The number of halogens is 1. The van der Waals surface area contributed by atoms with E-state index in [4.69, 9.17) is 16.3 Å². The van der Waals surface area contributed by atoms with E-state index in [1.807, 2.05) is 61.9 Å². The first kappa shape index (κ1) is 21.2. The number of nitrogens with zero attached hydrogens (tertiary/aromatic N) is 3. The number of thioether (sulfide) groups is 1. The van der Waals surface area contributed by atoms with Crippen molar-refractivity contribution in [2.75, 3.05) is 5.75 Å². The first-order valence-electron chi connectivity index (χ1n) is 9.19. The zero-order chi connectivity index (χ0) is 20.8. The molecule has 8 heteroatoms. The molecule has 6 nitrogen and oxygen atoms in total. The molecule has 1 unspecified atom stereocenters. The first-order valence-corrected chi connectivity index (χ1v) is 10.6. The number of carbonyl (C=O) groups excluding carboxylic acids is 1. The van der Waals surface area contributed by atoms with Gasteiger partial charge >= 0.3 is 0 Å². The van der Waals surface area contributed by atoms with Crippen LogP contribution >= 0.6 is 23.4 Å². The fraction of sp³-hybridized carbons (Fsp3) is 0.286. The van der Waals surface area contributed by atoms with Crippen LogP contribution < -0.4 is 10.1 Å². The predicted molar refractivity (Wildman–Crippen MR) is 115 cm³/mol. The lowest BCUT2D eigenvalue weighted by Crippen LogP contribution is -2.24. The van der Waals surface area contributed by atoms with Gasteiger partial charge in [-0.05, 0) is 43.7 Å². The van der Waals surface area contributed by atoms with Crippen molar-refractivity contribution in [3.05, 3.63) is 70.5 Å². The van der Waals surface area contributed by atoms with Crippen LogP contribution in [-0.2, 0) is 18.4 Å². The minimum atomic E-state index is -0.261. The number of ether oxygens (including phenoxy) is 1. The molecule has 1 heterocycles. The molecule has 29 heavy (non-hydrogen) atoms. The van der Waals surface area contributed by atoms with E-state index >= 15 is 0 Å². The van der Waals surface area contributed by atoms with Crippen LogP contribution in [0.2, 0.25) is 5.02 Å². The average molecular weight is 431 g/mol. The van der Waals surface area contributed by atoms with Gasteiger partial charge in [-0.25, -0.2) is 0 Å². The van der Waals surface area contributed by atoms with Crippen molar-refractivity contribution < 1.29 is 9.53 Å². The van der Waals surface area contributed by atoms with Crippen LogP contribution in [0.4, 0.5) is 0 Å². The van der Waals surface area contributed by atoms with Crippen molar-refractivity contribution in [3.63, 3.8) is 0 Å². The summed E-state index contributed by atoms with van der Waals surface area (Å²) < 4.78 is 7.81. The Morgan fingerprint density at radius 2 is 1.86 bits per heavy atom. The Bertz CT molecular complexity index is 958. The highest BCUT2D eigenvalue weighted by molar-refractivity contribution is 7.99. The quantitative estimate of drug-likeness (QED) is 0.539. The van der Waals surface area contributed by atoms with Crippen molar-refractivity contribution >= 4 is 29.3 Å². The summed E-state index contributed by atoms with van der Waals surface area (Å²) in [5, 5.41) is 12.7. The van der Waals surface area contributed by atoms with Crippen LogP contribution in [0, 0.1) is 6.92 Å². The van der Waals surface area contributed by atoms with Gasteiger partial charge in [-0.1, -0.05) is 53.2 Å². The summed E-state index contributed by atoms with van der Waals surface area (Å²) >= 11 is 7.21. The Hall–Kier alpha value is -2.51. The summed E-state index contributed by atoms with van der Waals surface area (Å²) in [4.78, 5) is 12.1. The summed E-state index contributed by atoms with van der Waals surface area (Å²) in [6.07, 6.45) is -0.261. The maximum Gasteiger partial charge on any atom is 0.230 e. The van der Waals surface area contributed by atoms with Crippen LogP contribution in [0.5, 0.6) is 5.75 Å². The van der Waals surface area contributed by atoms with Gasteiger partial charge in [0.15, 0.2) is 17.1 Å². The van der Waals surface area contributed by atoms with Gasteiger partial charge in [0.2, 0.25) is 5.91 Å². The molecular weight excluding hydrogens is 408 g/mol. The average Bonchev–Trinajstić information content (AvgIpc) is 3.08. The second-order valence-corrected chi connectivity index (χ2v) is 8.04. The molecule has 0 spiro atoms. The predicted octanol–water partition coefficient (Wildman–Crippen LogP) is 4.33. The lowest BCUT2D eigenvalue weighted by atomic mass is 10.2. The van der Waals surface area contributed by atoms with E-state index in [2.05, 4.69) is 15.5 Å². The van der Waals surface area contributed by atoms with Crippen LogP contribution in [0.25, 0.3) is 0 Å². The molecule has 0 bridgehead atoms. The summed E-state index contributed by atoms with van der Waals surface area (Å²) in [6.45, 7) is 4.42. The maximum absolute atomic E-state index is 12.1. The van der Waals surface area contributed by atoms with Crippen LogP contribution in [0.3, 0.4) is 0 Å². The summed E-state index contributed by atoms with van der Waals surface area (Å²) in [7, 11) is 1.87. The smallest absolute Gasteiger partial charge is 0.230 e. The molecular formula is C21H23ClN4O2S. The summed E-state index contributed by atoms with van der Waals surface area (Å²) in [5.74, 6) is 1.67. The van der Waals surface area contributed by atoms with Gasteiger partial charge in [-0.3, -0.25) is 4.79 Å². The van der Waals surface area contributed by atoms with Gasteiger partial charge in [0, 0.05) is 18.6 Å². The Morgan fingerprint density at radius 3 is 2.55 bits per heavy atom. The zero-order valence-electron chi connectivity index (χ0n) is 16.6. The number of aromatic nitrogens is 3. The molecule has 0 saturated heterocycles. The van der Waals surface area contributed by atoms with Crippen LogP contribution in [0.15, 0.2) is 53.7 Å². The molecule has 1 amide bonds. The fourth-order valence-electron chi connectivity index (χ4n) is 2.66. The van der Waals surface area contributed by atoms with E-state index in [0.29, 0.717) is 22.5 Å². The molecule has 152 valence electrons. The normalized spacial score (nSPS) is 11.9. The lowest BCUT2D eigenvalue weighted by molar-refractivity contribution is -0.118. The minimum Gasteiger partial charge on any atom is -0.483 e. The highest BCUT2D eigenvalue weighted by atomic mass is 35.5. The van der Waals surface area contributed by atoms with Crippen LogP contribution in [0.1, 0.15) is 30.0 Å². The van der Waals surface area contributed by atoms with E-state index < -0.39 is 0 Å². The number of hydrogen-bond acceptors (Lipinski definition) is 5. The molecule has 0 aliphatic carbocycles. The van der Waals surface area contributed by atoms with E-state index in [-0.39, 0.29) is 17.8 Å². The van der Waals surface area contributed by atoms with E-state index in [1.165, 1.54) is 17.3 Å². The Labute approximate surface area is 179 Å². The summed E-state index contributed by atoms with van der Waals surface area (Å²) in [6, 6.07) is 15.3. The third kappa shape index (κ3) is 5.98. The highest BCUT2D eigenvalue weighted by Gasteiger charge is 2.18. The van der Waals surface area contributed by atoms with Gasteiger partial charge in [0.1, 0.15) is 5.75 Å². The lowest BCUT2D eigenvalue weighted by Gasteiger charge is -2.14. The van der Waals surface area contributed by atoms with Crippen molar-refractivity contribution in [2.24, 2.45) is 7.05 Å². The van der Waals surface area contributed by atoms with Gasteiger partial charge < -0.3 is 14.6 Å². The number of nitrogens with one attached hydrogen (secondary N) is 1. The Morgan fingerprint density at radius 1 is 1.17 bits per heavy atom. The molecule has 0 aliphatic heterocycles. The van der Waals surface area contributed by atoms with Gasteiger partial charge in [-0.15, -0.1) is 10.2 Å². The minimum absolute atomic E-state index is 0.0709. The summed E-state index contributed by atoms with van der Waals surface area (Å²) in [5.41, 5.74) is 2.17. The topological polar surface area (TPSA) is 69.0 Å².